The first kappa shape index (κ1) is 8.10. The van der Waals surface area contributed by atoms with E-state index in [4.69, 9.17) is 11.6 Å². The van der Waals surface area contributed by atoms with Gasteiger partial charge in [0.15, 0.2) is 0 Å². The van der Waals surface area contributed by atoms with Crippen LogP contribution >= 0.6 is 11.6 Å². The molecule has 0 aliphatic rings. The van der Waals surface area contributed by atoms with E-state index >= 15 is 0 Å². The van der Waals surface area contributed by atoms with Crippen LogP contribution in [0.2, 0.25) is 0 Å². The van der Waals surface area contributed by atoms with Crippen LogP contribution in [-0.2, 0) is 4.79 Å². The van der Waals surface area contributed by atoms with Gasteiger partial charge < -0.3 is 0 Å². The highest BCUT2D eigenvalue weighted by molar-refractivity contribution is 6.66. The van der Waals surface area contributed by atoms with Crippen molar-refractivity contribution in [2.75, 3.05) is 6.54 Å². The highest BCUT2D eigenvalue weighted by Gasteiger charge is 1.89. The van der Waals surface area contributed by atoms with Gasteiger partial charge in [-0.1, -0.05) is 0 Å². The molecule has 0 aliphatic heterocycles. The number of allylic oxidation sites excluding steroid dienone is 1. The molecule has 50 valence electrons. The molecule has 0 aromatic rings. The maximum atomic E-state index is 9.88. The van der Waals surface area contributed by atoms with Crippen molar-refractivity contribution in [1.82, 2.24) is 0 Å². The highest BCUT2D eigenvalue weighted by atomic mass is 35.5. The summed E-state index contributed by atoms with van der Waals surface area (Å²) < 4.78 is 0. The summed E-state index contributed by atoms with van der Waals surface area (Å²) in [6.07, 6.45) is 2.04. The fourth-order valence-corrected chi connectivity index (χ4v) is 0.321. The van der Waals surface area contributed by atoms with E-state index in [1.807, 2.05) is 0 Å². The number of halogens is 1. The molecule has 0 rings (SSSR count). The van der Waals surface area contributed by atoms with Gasteiger partial charge in [-0.05, 0) is 17.7 Å². The number of nitro groups is 1. The Labute approximate surface area is 56.3 Å². The minimum absolute atomic E-state index is 0.363. The fraction of sp³-hybridized carbons (Fsp3) is 0.250. The first-order chi connectivity index (χ1) is 4.13. The Morgan fingerprint density at radius 1 is 1.78 bits per heavy atom. The van der Waals surface area contributed by atoms with Crippen LogP contribution in [0.3, 0.4) is 0 Å². The van der Waals surface area contributed by atoms with E-state index in [0.717, 1.165) is 12.2 Å². The molecule has 0 bridgehead atoms. The molecule has 0 aromatic carbocycles. The van der Waals surface area contributed by atoms with Crippen LogP contribution in [0.25, 0.3) is 0 Å². The van der Waals surface area contributed by atoms with E-state index in [-0.39, 0.29) is 6.54 Å². The van der Waals surface area contributed by atoms with Gasteiger partial charge in [0.25, 0.3) is 0 Å². The van der Waals surface area contributed by atoms with Crippen molar-refractivity contribution in [3.05, 3.63) is 22.3 Å². The van der Waals surface area contributed by atoms with Crippen molar-refractivity contribution >= 4 is 16.8 Å². The molecule has 9 heavy (non-hydrogen) atoms. The Kier molecular flexibility index (Phi) is 3.62. The van der Waals surface area contributed by atoms with Crippen LogP contribution in [-0.4, -0.2) is 16.7 Å². The zero-order valence-corrected chi connectivity index (χ0v) is 5.17. The Hall–Kier alpha value is -0.900. The number of rotatable bonds is 3. The lowest BCUT2D eigenvalue weighted by atomic mass is 10.5. The zero-order chi connectivity index (χ0) is 7.28. The molecule has 0 amide bonds. The topological polar surface area (TPSA) is 60.2 Å². The molecular formula is C4H4ClNO3. The van der Waals surface area contributed by atoms with Gasteiger partial charge >= 0.3 is 0 Å². The summed E-state index contributed by atoms with van der Waals surface area (Å²) in [6.45, 7) is -0.363. The molecule has 0 atom stereocenters. The normalized spacial score (nSPS) is 9.89. The van der Waals surface area contributed by atoms with Crippen LogP contribution in [0.4, 0.5) is 0 Å². The minimum atomic E-state index is -0.697. The average molecular weight is 150 g/mol. The third-order valence-corrected chi connectivity index (χ3v) is 0.629. The summed E-state index contributed by atoms with van der Waals surface area (Å²) in [5, 5.41) is 8.88. The van der Waals surface area contributed by atoms with Gasteiger partial charge in [0.05, 0.1) is 0 Å². The smallest absolute Gasteiger partial charge is 0.245 e. The van der Waals surface area contributed by atoms with Gasteiger partial charge in [-0.15, -0.1) is 0 Å². The molecule has 0 fully saturated rings. The van der Waals surface area contributed by atoms with E-state index in [0.29, 0.717) is 0 Å². The molecule has 0 N–H and O–H groups in total. The average Bonchev–Trinajstić information content (AvgIpc) is 1.63. The second-order valence-electron chi connectivity index (χ2n) is 1.22. The molecule has 0 aliphatic carbocycles. The van der Waals surface area contributed by atoms with Gasteiger partial charge in [-0.2, -0.15) is 0 Å². The van der Waals surface area contributed by atoms with Crippen LogP contribution < -0.4 is 0 Å². The number of nitrogens with zero attached hydrogens (tertiary/aromatic N) is 1. The maximum Gasteiger partial charge on any atom is 0.245 e. The lowest BCUT2D eigenvalue weighted by molar-refractivity contribution is -0.468. The predicted octanol–water partition coefficient (Wildman–Crippen LogP) is 0.585. The van der Waals surface area contributed by atoms with Crippen molar-refractivity contribution in [1.29, 1.82) is 0 Å². The van der Waals surface area contributed by atoms with E-state index in [9.17, 15) is 14.9 Å². The Balaban J connectivity index is 3.48. The first-order valence-corrected chi connectivity index (χ1v) is 2.48. The lowest BCUT2D eigenvalue weighted by Gasteiger charge is -1.79. The molecule has 0 aromatic heterocycles. The van der Waals surface area contributed by atoms with Crippen molar-refractivity contribution in [2.24, 2.45) is 0 Å². The van der Waals surface area contributed by atoms with Crippen LogP contribution in [0.15, 0.2) is 12.2 Å². The number of carbonyl (C=O) groups excluding carboxylic acids is 1. The van der Waals surface area contributed by atoms with Crippen LogP contribution in [0.1, 0.15) is 0 Å². The van der Waals surface area contributed by atoms with Gasteiger partial charge in [0.1, 0.15) is 0 Å². The van der Waals surface area contributed by atoms with Crippen molar-refractivity contribution in [3.8, 4) is 0 Å². The summed E-state index contributed by atoms with van der Waals surface area (Å²) in [5.74, 6) is 0. The lowest BCUT2D eigenvalue weighted by Crippen LogP contribution is -1.96. The molecular weight excluding hydrogens is 146 g/mol. The predicted molar refractivity (Wildman–Crippen MR) is 31.9 cm³/mol. The summed E-state index contributed by atoms with van der Waals surface area (Å²) >= 11 is 4.81. The SMILES string of the molecule is O=C(Cl)/C=C/C[N+](=O)[O-]. The van der Waals surface area contributed by atoms with Crippen LogP contribution in [0.5, 0.6) is 0 Å². The van der Waals surface area contributed by atoms with Gasteiger partial charge in [-0.25, -0.2) is 0 Å². The molecule has 0 spiro atoms. The molecule has 0 saturated carbocycles. The van der Waals surface area contributed by atoms with Gasteiger partial charge in [-0.3, -0.25) is 14.9 Å². The number of carbonyl (C=O) groups is 1. The molecule has 5 heteroatoms. The van der Waals surface area contributed by atoms with Crippen molar-refractivity contribution in [2.45, 2.75) is 0 Å². The highest BCUT2D eigenvalue weighted by Crippen LogP contribution is 1.81. The monoisotopic (exact) mass is 149 g/mol. The van der Waals surface area contributed by atoms with Gasteiger partial charge in [0.2, 0.25) is 11.8 Å². The second kappa shape index (κ2) is 4.03. The quantitative estimate of drug-likeness (QED) is 0.255. The second-order valence-corrected chi connectivity index (χ2v) is 1.59. The fourth-order valence-electron chi connectivity index (χ4n) is 0.231. The third-order valence-electron chi connectivity index (χ3n) is 0.503. The Morgan fingerprint density at radius 3 is 2.67 bits per heavy atom. The van der Waals surface area contributed by atoms with E-state index in [1.54, 1.807) is 0 Å². The largest absolute Gasteiger partial charge is 0.276 e. The standard InChI is InChI=1S/C4H4ClNO3/c5-4(7)2-1-3-6(8)9/h1-2H,3H2/b2-1+. The number of hydrogen-bond donors (Lipinski definition) is 0. The summed E-state index contributed by atoms with van der Waals surface area (Å²) in [4.78, 5) is 18.9. The van der Waals surface area contributed by atoms with E-state index in [2.05, 4.69) is 0 Å². The van der Waals surface area contributed by atoms with E-state index < -0.39 is 10.2 Å². The van der Waals surface area contributed by atoms with Crippen LogP contribution in [0, 0.1) is 10.1 Å². The Bertz CT molecular complexity index is 154. The summed E-state index contributed by atoms with van der Waals surface area (Å²) in [5.41, 5.74) is 0. The van der Waals surface area contributed by atoms with Gasteiger partial charge in [0, 0.05) is 11.0 Å². The number of hydrogen-bond acceptors (Lipinski definition) is 3. The molecule has 0 radical (unpaired) electrons. The maximum absolute atomic E-state index is 9.88. The third kappa shape index (κ3) is 7.10. The first-order valence-electron chi connectivity index (χ1n) is 2.10. The van der Waals surface area contributed by atoms with Crippen molar-refractivity contribution in [3.63, 3.8) is 0 Å². The zero-order valence-electron chi connectivity index (χ0n) is 4.41. The molecule has 4 nitrogen and oxygen atoms in total. The van der Waals surface area contributed by atoms with E-state index in [1.165, 1.54) is 0 Å². The molecule has 0 unspecified atom stereocenters. The Morgan fingerprint density at radius 2 is 2.33 bits per heavy atom. The minimum Gasteiger partial charge on any atom is -0.276 e. The molecule has 0 saturated heterocycles. The molecule has 0 heterocycles. The van der Waals surface area contributed by atoms with Crippen molar-refractivity contribution < 1.29 is 9.72 Å². The summed E-state index contributed by atoms with van der Waals surface area (Å²) in [7, 11) is 0. The summed E-state index contributed by atoms with van der Waals surface area (Å²) in [6, 6.07) is 0.